The molecule has 0 spiro atoms. The topological polar surface area (TPSA) is 97.1 Å². The van der Waals surface area contributed by atoms with Crippen LogP contribution in [-0.4, -0.2) is 26.9 Å². The Labute approximate surface area is 150 Å². The zero-order valence-corrected chi connectivity index (χ0v) is 14.5. The quantitative estimate of drug-likeness (QED) is 0.537. The van der Waals surface area contributed by atoms with Crippen LogP contribution in [0.1, 0.15) is 11.3 Å². The molecule has 8 heteroatoms. The van der Waals surface area contributed by atoms with E-state index in [4.69, 9.17) is 0 Å². The monoisotopic (exact) mass is 350 g/mol. The van der Waals surface area contributed by atoms with Gasteiger partial charge in [-0.2, -0.15) is 0 Å². The van der Waals surface area contributed by atoms with Crippen molar-refractivity contribution >= 4 is 23.1 Å². The molecule has 132 valence electrons. The minimum Gasteiger partial charge on any atom is -0.349 e. The second-order valence-electron chi connectivity index (χ2n) is 5.78. The zero-order valence-electron chi connectivity index (χ0n) is 14.5. The summed E-state index contributed by atoms with van der Waals surface area (Å²) in [4.78, 5) is 25.4. The molecule has 0 aliphatic rings. The molecule has 2 heterocycles. The van der Waals surface area contributed by atoms with Crippen molar-refractivity contribution in [2.24, 2.45) is 0 Å². The van der Waals surface area contributed by atoms with E-state index in [1.807, 2.05) is 49.4 Å². The fraction of sp³-hybridized carbons (Fsp3) is 0.167. The van der Waals surface area contributed by atoms with Crippen molar-refractivity contribution in [2.45, 2.75) is 13.5 Å². The van der Waals surface area contributed by atoms with Crippen molar-refractivity contribution in [3.63, 3.8) is 0 Å². The smallest absolute Gasteiger partial charge is 0.349 e. The van der Waals surface area contributed by atoms with E-state index in [9.17, 15) is 10.1 Å². The van der Waals surface area contributed by atoms with Crippen molar-refractivity contribution in [1.29, 1.82) is 0 Å². The van der Waals surface area contributed by atoms with Gasteiger partial charge < -0.3 is 10.2 Å². The Kier molecular flexibility index (Phi) is 5.02. The van der Waals surface area contributed by atoms with Gasteiger partial charge in [0.1, 0.15) is 12.1 Å². The van der Waals surface area contributed by atoms with E-state index in [2.05, 4.69) is 20.3 Å². The predicted octanol–water partition coefficient (Wildman–Crippen LogP) is 3.47. The van der Waals surface area contributed by atoms with Gasteiger partial charge in [-0.1, -0.05) is 36.4 Å². The minimum atomic E-state index is -0.477. The highest BCUT2D eigenvalue weighted by Gasteiger charge is 2.26. The van der Waals surface area contributed by atoms with Gasteiger partial charge in [-0.3, -0.25) is 10.1 Å². The number of rotatable bonds is 6. The summed E-state index contributed by atoms with van der Waals surface area (Å²) >= 11 is 0. The van der Waals surface area contributed by atoms with Gasteiger partial charge in [0.15, 0.2) is 0 Å². The highest BCUT2D eigenvalue weighted by molar-refractivity contribution is 5.73. The number of aromatic nitrogens is 3. The lowest BCUT2D eigenvalue weighted by molar-refractivity contribution is -0.383. The fourth-order valence-electron chi connectivity index (χ4n) is 2.57. The third-order valence-electron chi connectivity index (χ3n) is 3.74. The highest BCUT2D eigenvalue weighted by atomic mass is 16.6. The van der Waals surface area contributed by atoms with Crippen molar-refractivity contribution in [1.82, 2.24) is 15.0 Å². The molecule has 3 aromatic rings. The maximum Gasteiger partial charge on any atom is 0.353 e. The Morgan fingerprint density at radius 2 is 1.88 bits per heavy atom. The number of nitro groups is 1. The van der Waals surface area contributed by atoms with E-state index >= 15 is 0 Å². The second kappa shape index (κ2) is 7.56. The Bertz CT molecular complexity index is 917. The van der Waals surface area contributed by atoms with Crippen LogP contribution in [0, 0.1) is 17.0 Å². The molecule has 2 aromatic heterocycles. The van der Waals surface area contributed by atoms with E-state index in [1.165, 1.54) is 6.33 Å². The lowest BCUT2D eigenvalue weighted by atomic mass is 10.2. The van der Waals surface area contributed by atoms with E-state index in [0.29, 0.717) is 12.4 Å². The Balaban J connectivity index is 1.94. The van der Waals surface area contributed by atoms with Gasteiger partial charge in [0.25, 0.3) is 0 Å². The molecule has 0 atom stereocenters. The fourth-order valence-corrected chi connectivity index (χ4v) is 2.57. The lowest BCUT2D eigenvalue weighted by Crippen LogP contribution is -2.20. The average molecular weight is 350 g/mol. The average Bonchev–Trinajstić information content (AvgIpc) is 2.62. The van der Waals surface area contributed by atoms with Crippen LogP contribution in [0.3, 0.4) is 0 Å². The van der Waals surface area contributed by atoms with Crippen LogP contribution in [-0.2, 0) is 6.54 Å². The standard InChI is InChI=1S/C18H18N6O2/c1-13-7-6-10-15(21-13)22-17-16(24(25)26)18(20-12-19-17)23(2)11-14-8-4-3-5-9-14/h3-10,12H,11H2,1-2H3,(H,19,20,21,22). The number of aryl methyl sites for hydroxylation is 1. The van der Waals surface area contributed by atoms with Crippen LogP contribution < -0.4 is 10.2 Å². The van der Waals surface area contributed by atoms with Gasteiger partial charge in [-0.15, -0.1) is 0 Å². The normalized spacial score (nSPS) is 10.4. The number of hydrogen-bond donors (Lipinski definition) is 1. The third kappa shape index (κ3) is 3.92. The summed E-state index contributed by atoms with van der Waals surface area (Å²) < 4.78 is 0. The van der Waals surface area contributed by atoms with Crippen molar-refractivity contribution < 1.29 is 4.92 Å². The Morgan fingerprint density at radius 1 is 1.12 bits per heavy atom. The van der Waals surface area contributed by atoms with Crippen LogP contribution in [0.2, 0.25) is 0 Å². The van der Waals surface area contributed by atoms with Gasteiger partial charge in [0, 0.05) is 19.3 Å². The van der Waals surface area contributed by atoms with E-state index in [-0.39, 0.29) is 17.3 Å². The van der Waals surface area contributed by atoms with Gasteiger partial charge >= 0.3 is 5.69 Å². The SMILES string of the molecule is Cc1cccc(Nc2ncnc(N(C)Cc3ccccc3)c2[N+](=O)[O-])n1. The molecule has 3 rings (SSSR count). The molecule has 0 aliphatic heterocycles. The summed E-state index contributed by atoms with van der Waals surface area (Å²) in [7, 11) is 1.76. The first-order chi connectivity index (χ1) is 12.5. The van der Waals surface area contributed by atoms with Crippen molar-refractivity contribution in [2.75, 3.05) is 17.3 Å². The molecule has 0 unspecified atom stereocenters. The second-order valence-corrected chi connectivity index (χ2v) is 5.78. The predicted molar refractivity (Wildman–Crippen MR) is 99.5 cm³/mol. The maximum absolute atomic E-state index is 11.7. The van der Waals surface area contributed by atoms with Crippen molar-refractivity contribution in [3.8, 4) is 0 Å². The molecule has 1 N–H and O–H groups in total. The van der Waals surface area contributed by atoms with Crippen LogP contribution in [0.25, 0.3) is 0 Å². The number of nitrogens with zero attached hydrogens (tertiary/aromatic N) is 5. The molecule has 1 aromatic carbocycles. The lowest BCUT2D eigenvalue weighted by Gasteiger charge is -2.18. The number of anilines is 3. The third-order valence-corrected chi connectivity index (χ3v) is 3.74. The Hall–Kier alpha value is -3.55. The Morgan fingerprint density at radius 3 is 2.58 bits per heavy atom. The van der Waals surface area contributed by atoms with Crippen LogP contribution in [0.15, 0.2) is 54.9 Å². The van der Waals surface area contributed by atoms with Gasteiger partial charge in [0.2, 0.25) is 11.6 Å². The van der Waals surface area contributed by atoms with Crippen LogP contribution >= 0.6 is 0 Å². The molecule has 0 saturated carbocycles. The molecule has 0 radical (unpaired) electrons. The zero-order chi connectivity index (χ0) is 18.5. The van der Waals surface area contributed by atoms with Gasteiger partial charge in [0.05, 0.1) is 4.92 Å². The summed E-state index contributed by atoms with van der Waals surface area (Å²) in [5, 5.41) is 14.6. The molecular formula is C18H18N6O2. The number of hydrogen-bond acceptors (Lipinski definition) is 7. The molecular weight excluding hydrogens is 332 g/mol. The van der Waals surface area contributed by atoms with E-state index < -0.39 is 4.92 Å². The molecule has 0 fully saturated rings. The number of benzene rings is 1. The summed E-state index contributed by atoms with van der Waals surface area (Å²) in [6, 6.07) is 15.1. The minimum absolute atomic E-state index is 0.109. The number of pyridine rings is 1. The highest BCUT2D eigenvalue weighted by Crippen LogP contribution is 2.33. The van der Waals surface area contributed by atoms with Gasteiger partial charge in [-0.05, 0) is 24.6 Å². The van der Waals surface area contributed by atoms with Crippen molar-refractivity contribution in [3.05, 3.63) is 76.2 Å². The summed E-state index contributed by atoms with van der Waals surface area (Å²) in [5.74, 6) is 0.838. The number of nitrogens with one attached hydrogen (secondary N) is 1. The van der Waals surface area contributed by atoms with Gasteiger partial charge in [-0.25, -0.2) is 15.0 Å². The van der Waals surface area contributed by atoms with E-state index in [0.717, 1.165) is 11.3 Å². The summed E-state index contributed by atoms with van der Waals surface area (Å²) in [6.07, 6.45) is 1.31. The summed E-state index contributed by atoms with van der Waals surface area (Å²) in [6.45, 7) is 2.33. The van der Waals surface area contributed by atoms with Crippen LogP contribution in [0.5, 0.6) is 0 Å². The molecule has 26 heavy (non-hydrogen) atoms. The molecule has 8 nitrogen and oxygen atoms in total. The molecule has 0 bridgehead atoms. The molecule has 0 amide bonds. The van der Waals surface area contributed by atoms with E-state index in [1.54, 1.807) is 18.0 Å². The molecule has 0 aliphatic carbocycles. The first-order valence-corrected chi connectivity index (χ1v) is 7.99. The maximum atomic E-state index is 11.7. The first kappa shape index (κ1) is 17.3. The summed E-state index contributed by atoms with van der Waals surface area (Å²) in [5.41, 5.74) is 1.64. The first-order valence-electron chi connectivity index (χ1n) is 7.99. The largest absolute Gasteiger partial charge is 0.353 e. The van der Waals surface area contributed by atoms with Crippen LogP contribution in [0.4, 0.5) is 23.1 Å². The molecule has 0 saturated heterocycles.